The second kappa shape index (κ2) is 6.81. The van der Waals surface area contributed by atoms with Gasteiger partial charge in [-0.2, -0.15) is 0 Å². The summed E-state index contributed by atoms with van der Waals surface area (Å²) in [6, 6.07) is 4.21. The van der Waals surface area contributed by atoms with E-state index in [1.165, 1.54) is 7.11 Å². The monoisotopic (exact) mass is 350 g/mol. The fraction of sp³-hybridized carbons (Fsp3) is 0.471. The third-order valence-corrected chi connectivity index (χ3v) is 4.60. The van der Waals surface area contributed by atoms with Crippen molar-refractivity contribution in [3.8, 4) is 0 Å². The van der Waals surface area contributed by atoms with Gasteiger partial charge >= 0.3 is 5.97 Å². The van der Waals surface area contributed by atoms with Gasteiger partial charge in [0.15, 0.2) is 0 Å². The summed E-state index contributed by atoms with van der Waals surface area (Å²) in [6.45, 7) is 0.581. The number of carbonyl (C=O) groups excluding carboxylic acids is 3. The van der Waals surface area contributed by atoms with Gasteiger partial charge in [-0.1, -0.05) is 11.6 Å². The predicted octanol–water partition coefficient (Wildman–Crippen LogP) is 2.15. The van der Waals surface area contributed by atoms with E-state index in [4.69, 9.17) is 11.6 Å². The number of ether oxygens (including phenoxy) is 1. The van der Waals surface area contributed by atoms with Crippen LogP contribution in [0.2, 0.25) is 5.02 Å². The lowest BCUT2D eigenvalue weighted by molar-refractivity contribution is -0.140. The maximum atomic E-state index is 12.9. The largest absolute Gasteiger partial charge is 0.469 e. The minimum atomic E-state index is -0.749. The first-order chi connectivity index (χ1) is 11.5. The van der Waals surface area contributed by atoms with Crippen molar-refractivity contribution in [3.63, 3.8) is 0 Å². The number of amides is 2. The van der Waals surface area contributed by atoms with E-state index < -0.39 is 12.0 Å². The number of hydrogen-bond acceptors (Lipinski definition) is 4. The summed E-state index contributed by atoms with van der Waals surface area (Å²) in [4.78, 5) is 38.5. The minimum absolute atomic E-state index is 0.0710. The van der Waals surface area contributed by atoms with E-state index in [1.54, 1.807) is 23.1 Å². The normalized spacial score (nSPS) is 20.2. The quantitative estimate of drug-likeness (QED) is 0.825. The Labute approximate surface area is 145 Å². The van der Waals surface area contributed by atoms with E-state index in [9.17, 15) is 14.4 Å². The number of anilines is 1. The van der Waals surface area contributed by atoms with E-state index in [-0.39, 0.29) is 24.7 Å². The highest BCUT2D eigenvalue weighted by Crippen LogP contribution is 2.34. The molecule has 1 N–H and O–H groups in total. The van der Waals surface area contributed by atoms with Gasteiger partial charge in [0, 0.05) is 18.0 Å². The molecule has 1 atom stereocenters. The van der Waals surface area contributed by atoms with Gasteiger partial charge in [0.05, 0.1) is 18.4 Å². The Hall–Kier alpha value is -2.08. The highest BCUT2D eigenvalue weighted by Gasteiger charge is 2.36. The number of carbonyl (C=O) groups is 3. The molecule has 2 aliphatic rings. The molecule has 1 heterocycles. The zero-order valence-corrected chi connectivity index (χ0v) is 14.1. The molecule has 0 aromatic heterocycles. The Morgan fingerprint density at radius 1 is 1.38 bits per heavy atom. The van der Waals surface area contributed by atoms with Crippen molar-refractivity contribution >= 4 is 35.1 Å². The van der Waals surface area contributed by atoms with Gasteiger partial charge in [0.1, 0.15) is 6.04 Å². The summed E-state index contributed by atoms with van der Waals surface area (Å²) >= 11 is 6.01. The lowest BCUT2D eigenvalue weighted by Crippen LogP contribution is -2.46. The third kappa shape index (κ3) is 3.53. The first-order valence-electron chi connectivity index (χ1n) is 7.98. The van der Waals surface area contributed by atoms with Crippen molar-refractivity contribution in [3.05, 3.63) is 28.8 Å². The number of halogens is 1. The average Bonchev–Trinajstić information content (AvgIpc) is 3.39. The lowest BCUT2D eigenvalue weighted by atomic mass is 10.1. The van der Waals surface area contributed by atoms with E-state index in [1.807, 2.05) is 0 Å². The number of esters is 1. The maximum absolute atomic E-state index is 12.9. The third-order valence-electron chi connectivity index (χ3n) is 4.37. The second-order valence-electron chi connectivity index (χ2n) is 6.19. The molecular formula is C17H19ClN2O4. The average molecular weight is 351 g/mol. The molecule has 128 valence electrons. The molecule has 1 unspecified atom stereocenters. The molecular weight excluding hydrogens is 332 g/mol. The van der Waals surface area contributed by atoms with Crippen LogP contribution in [0.25, 0.3) is 0 Å². The van der Waals surface area contributed by atoms with Crippen molar-refractivity contribution in [2.24, 2.45) is 5.92 Å². The highest BCUT2D eigenvalue weighted by atomic mass is 35.5. The van der Waals surface area contributed by atoms with Crippen LogP contribution in [-0.4, -0.2) is 37.5 Å². The highest BCUT2D eigenvalue weighted by molar-refractivity contribution is 6.31. The predicted molar refractivity (Wildman–Crippen MR) is 89.0 cm³/mol. The van der Waals surface area contributed by atoms with Crippen LogP contribution < -0.4 is 10.2 Å². The van der Waals surface area contributed by atoms with Crippen molar-refractivity contribution in [2.75, 3.05) is 18.6 Å². The SMILES string of the molecule is COC(=O)CCC1NC(=O)c2cc(Cl)ccc2N(CC2CC2)C1=O. The molecule has 2 amide bonds. The van der Waals surface area contributed by atoms with Crippen LogP contribution in [0.5, 0.6) is 0 Å². The van der Waals surface area contributed by atoms with Gasteiger partial charge in [-0.3, -0.25) is 14.4 Å². The molecule has 0 spiro atoms. The van der Waals surface area contributed by atoms with Crippen molar-refractivity contribution in [2.45, 2.75) is 31.7 Å². The number of fused-ring (bicyclic) bond motifs is 1. The van der Waals surface area contributed by atoms with Crippen LogP contribution in [0.3, 0.4) is 0 Å². The molecule has 24 heavy (non-hydrogen) atoms. The zero-order chi connectivity index (χ0) is 17.3. The minimum Gasteiger partial charge on any atom is -0.469 e. The van der Waals surface area contributed by atoms with Gasteiger partial charge in [-0.15, -0.1) is 0 Å². The Morgan fingerprint density at radius 2 is 2.12 bits per heavy atom. The number of hydrogen-bond donors (Lipinski definition) is 1. The fourth-order valence-corrected chi connectivity index (χ4v) is 3.01. The lowest BCUT2D eigenvalue weighted by Gasteiger charge is -2.25. The number of benzene rings is 1. The van der Waals surface area contributed by atoms with Gasteiger partial charge in [-0.25, -0.2) is 0 Å². The molecule has 6 nitrogen and oxygen atoms in total. The molecule has 1 aromatic rings. The Balaban J connectivity index is 1.90. The van der Waals surface area contributed by atoms with E-state index >= 15 is 0 Å². The fourth-order valence-electron chi connectivity index (χ4n) is 2.84. The standard InChI is InChI=1S/C17H19ClN2O4/c1-24-15(21)7-5-13-17(23)20(9-10-2-3-10)14-6-4-11(18)8-12(14)16(22)19-13/h4,6,8,10,13H,2-3,5,7,9H2,1H3,(H,19,22). The van der Waals surface area contributed by atoms with E-state index in [2.05, 4.69) is 10.1 Å². The molecule has 1 fully saturated rings. The summed E-state index contributed by atoms with van der Waals surface area (Å²) < 4.78 is 4.62. The van der Waals surface area contributed by atoms with Gasteiger partial charge < -0.3 is 15.0 Å². The van der Waals surface area contributed by atoms with E-state index in [0.29, 0.717) is 28.7 Å². The Bertz CT molecular complexity index is 687. The molecule has 0 radical (unpaired) electrons. The zero-order valence-electron chi connectivity index (χ0n) is 13.4. The van der Waals surface area contributed by atoms with Crippen LogP contribution in [-0.2, 0) is 14.3 Å². The molecule has 0 saturated heterocycles. The number of rotatable bonds is 5. The molecule has 1 aliphatic heterocycles. The molecule has 3 rings (SSSR count). The summed E-state index contributed by atoms with van der Waals surface area (Å²) in [7, 11) is 1.30. The first kappa shape index (κ1) is 16.8. The van der Waals surface area contributed by atoms with Crippen molar-refractivity contribution in [1.29, 1.82) is 0 Å². The smallest absolute Gasteiger partial charge is 0.305 e. The number of nitrogens with one attached hydrogen (secondary N) is 1. The van der Waals surface area contributed by atoms with Crippen LogP contribution in [0.4, 0.5) is 5.69 Å². The second-order valence-corrected chi connectivity index (χ2v) is 6.63. The molecule has 1 aromatic carbocycles. The molecule has 0 bridgehead atoms. The summed E-state index contributed by atoms with van der Waals surface area (Å²) in [5, 5.41) is 3.16. The van der Waals surface area contributed by atoms with Crippen LogP contribution >= 0.6 is 11.6 Å². The maximum Gasteiger partial charge on any atom is 0.305 e. The van der Waals surface area contributed by atoms with Crippen LogP contribution in [0.15, 0.2) is 18.2 Å². The van der Waals surface area contributed by atoms with Crippen LogP contribution in [0.1, 0.15) is 36.0 Å². The molecule has 1 aliphatic carbocycles. The van der Waals surface area contributed by atoms with Crippen LogP contribution in [0, 0.1) is 5.92 Å². The number of nitrogens with zero attached hydrogens (tertiary/aromatic N) is 1. The van der Waals surface area contributed by atoms with Gasteiger partial charge in [-0.05, 0) is 43.4 Å². The van der Waals surface area contributed by atoms with Gasteiger partial charge in [0.2, 0.25) is 5.91 Å². The van der Waals surface area contributed by atoms with Crippen molar-refractivity contribution < 1.29 is 19.1 Å². The first-order valence-corrected chi connectivity index (χ1v) is 8.36. The van der Waals surface area contributed by atoms with Crippen molar-refractivity contribution in [1.82, 2.24) is 5.32 Å². The summed E-state index contributed by atoms with van der Waals surface area (Å²) in [5.41, 5.74) is 0.964. The van der Waals surface area contributed by atoms with Gasteiger partial charge in [0.25, 0.3) is 5.91 Å². The molecule has 7 heteroatoms. The summed E-state index contributed by atoms with van der Waals surface area (Å²) in [5.74, 6) is -0.489. The molecule has 1 saturated carbocycles. The van der Waals surface area contributed by atoms with E-state index in [0.717, 1.165) is 12.8 Å². The summed E-state index contributed by atoms with van der Waals surface area (Å²) in [6.07, 6.45) is 2.45. The Morgan fingerprint density at radius 3 is 2.79 bits per heavy atom. The Kier molecular flexibility index (Phi) is 4.76. The topological polar surface area (TPSA) is 75.7 Å². The number of methoxy groups -OCH3 is 1.